The molecule has 1 aromatic carbocycles. The van der Waals surface area contributed by atoms with E-state index in [4.69, 9.17) is 23.2 Å². The largest absolute Gasteiger partial charge is 0.350 e. The number of nitrogens with zero attached hydrogens (tertiary/aromatic N) is 2. The van der Waals surface area contributed by atoms with Crippen LogP contribution in [0.5, 0.6) is 0 Å². The molecule has 0 radical (unpaired) electrons. The average molecular weight is 373 g/mol. The fraction of sp³-hybridized carbons (Fsp3) is 0.286. The zero-order valence-electron chi connectivity index (χ0n) is 12.0. The Morgan fingerprint density at radius 3 is 2.78 bits per heavy atom. The van der Waals surface area contributed by atoms with E-state index >= 15 is 0 Å². The molecule has 1 atom stereocenters. The third kappa shape index (κ3) is 4.25. The normalized spacial score (nSPS) is 19.5. The van der Waals surface area contributed by atoms with Crippen molar-refractivity contribution in [2.45, 2.75) is 12.5 Å². The van der Waals surface area contributed by atoms with Crippen LogP contribution in [0.1, 0.15) is 6.42 Å². The van der Waals surface area contributed by atoms with E-state index in [9.17, 15) is 8.42 Å². The number of hydrogen-bond donors (Lipinski definition) is 2. The Kier molecular flexibility index (Phi) is 4.61. The van der Waals surface area contributed by atoms with Crippen molar-refractivity contribution in [3.8, 4) is 0 Å². The molecule has 1 aliphatic heterocycles. The van der Waals surface area contributed by atoms with Crippen LogP contribution < -0.4 is 10.6 Å². The van der Waals surface area contributed by atoms with E-state index in [1.807, 2.05) is 0 Å². The number of hydrogen-bond acceptors (Lipinski definition) is 6. The van der Waals surface area contributed by atoms with E-state index in [2.05, 4.69) is 20.6 Å². The predicted octanol–water partition coefficient (Wildman–Crippen LogP) is 3.13. The van der Waals surface area contributed by atoms with Gasteiger partial charge in [-0.3, -0.25) is 0 Å². The van der Waals surface area contributed by atoms with Gasteiger partial charge in [-0.1, -0.05) is 23.2 Å². The molecule has 1 aromatic heterocycles. The van der Waals surface area contributed by atoms with Gasteiger partial charge in [-0.15, -0.1) is 0 Å². The summed E-state index contributed by atoms with van der Waals surface area (Å²) >= 11 is 12.1. The number of sulfone groups is 1. The van der Waals surface area contributed by atoms with Crippen molar-refractivity contribution in [2.24, 2.45) is 0 Å². The molecular formula is C14H14Cl2N4O2S. The van der Waals surface area contributed by atoms with Crippen LogP contribution >= 0.6 is 23.2 Å². The van der Waals surface area contributed by atoms with Gasteiger partial charge < -0.3 is 10.6 Å². The lowest BCUT2D eigenvalue weighted by molar-refractivity contribution is 0.602. The standard InChI is InChI=1S/C14H14Cl2N4O2S/c15-9-1-2-11(16)12(7-9)19-13-3-5-17-14(20-13)18-10-4-6-23(21,22)8-10/h1-3,5,7,10H,4,6,8H2,(H2,17,18,19,20). The Morgan fingerprint density at radius 2 is 2.04 bits per heavy atom. The van der Waals surface area contributed by atoms with Crippen molar-refractivity contribution in [3.63, 3.8) is 0 Å². The minimum absolute atomic E-state index is 0.105. The fourth-order valence-electron chi connectivity index (χ4n) is 2.32. The summed E-state index contributed by atoms with van der Waals surface area (Å²) < 4.78 is 23.0. The summed E-state index contributed by atoms with van der Waals surface area (Å²) in [5.74, 6) is 1.21. The van der Waals surface area contributed by atoms with Gasteiger partial charge in [-0.25, -0.2) is 13.4 Å². The van der Waals surface area contributed by atoms with Gasteiger partial charge >= 0.3 is 0 Å². The molecule has 9 heteroatoms. The van der Waals surface area contributed by atoms with E-state index in [1.54, 1.807) is 30.5 Å². The average Bonchev–Trinajstić information content (AvgIpc) is 2.82. The maximum absolute atomic E-state index is 11.5. The maximum atomic E-state index is 11.5. The monoisotopic (exact) mass is 372 g/mol. The van der Waals surface area contributed by atoms with E-state index < -0.39 is 9.84 Å². The molecule has 1 fully saturated rings. The minimum atomic E-state index is -2.95. The molecule has 0 spiro atoms. The predicted molar refractivity (Wildman–Crippen MR) is 92.5 cm³/mol. The first-order chi connectivity index (χ1) is 10.9. The lowest BCUT2D eigenvalue weighted by Crippen LogP contribution is -2.22. The first-order valence-electron chi connectivity index (χ1n) is 6.93. The highest BCUT2D eigenvalue weighted by Gasteiger charge is 2.28. The topological polar surface area (TPSA) is 84.0 Å². The second-order valence-electron chi connectivity index (χ2n) is 5.26. The molecule has 1 unspecified atom stereocenters. The van der Waals surface area contributed by atoms with Gasteiger partial charge in [0.05, 0.1) is 22.2 Å². The molecule has 122 valence electrons. The molecule has 6 nitrogen and oxygen atoms in total. The molecule has 0 aliphatic carbocycles. The van der Waals surface area contributed by atoms with Crippen molar-refractivity contribution in [1.82, 2.24) is 9.97 Å². The lowest BCUT2D eigenvalue weighted by Gasteiger charge is -2.12. The molecule has 2 aromatic rings. The van der Waals surface area contributed by atoms with E-state index in [0.717, 1.165) is 0 Å². The summed E-state index contributed by atoms with van der Waals surface area (Å²) in [5, 5.41) is 7.19. The molecule has 1 saturated heterocycles. The molecule has 2 heterocycles. The molecular weight excluding hydrogens is 359 g/mol. The Balaban J connectivity index is 1.74. The number of aromatic nitrogens is 2. The second-order valence-corrected chi connectivity index (χ2v) is 8.33. The van der Waals surface area contributed by atoms with Crippen LogP contribution in [0.15, 0.2) is 30.5 Å². The van der Waals surface area contributed by atoms with Crippen molar-refractivity contribution in [2.75, 3.05) is 22.1 Å². The van der Waals surface area contributed by atoms with Crippen molar-refractivity contribution < 1.29 is 8.42 Å². The minimum Gasteiger partial charge on any atom is -0.350 e. The van der Waals surface area contributed by atoms with Crippen molar-refractivity contribution >= 4 is 50.5 Å². The zero-order chi connectivity index (χ0) is 16.4. The molecule has 0 saturated carbocycles. The van der Waals surface area contributed by atoms with Gasteiger partial charge in [-0.05, 0) is 30.7 Å². The Bertz CT molecular complexity index is 829. The maximum Gasteiger partial charge on any atom is 0.224 e. The van der Waals surface area contributed by atoms with Gasteiger partial charge in [0.1, 0.15) is 5.82 Å². The van der Waals surface area contributed by atoms with Crippen LogP contribution in [0.4, 0.5) is 17.5 Å². The van der Waals surface area contributed by atoms with E-state index in [-0.39, 0.29) is 17.5 Å². The highest BCUT2D eigenvalue weighted by atomic mass is 35.5. The summed E-state index contributed by atoms with van der Waals surface area (Å²) in [6.07, 6.45) is 2.14. The van der Waals surface area contributed by atoms with Crippen molar-refractivity contribution in [3.05, 3.63) is 40.5 Å². The summed E-state index contributed by atoms with van der Waals surface area (Å²) in [4.78, 5) is 8.44. The van der Waals surface area contributed by atoms with Gasteiger partial charge in [0.25, 0.3) is 0 Å². The van der Waals surface area contributed by atoms with Gasteiger partial charge in [0, 0.05) is 17.3 Å². The molecule has 1 aliphatic rings. The number of benzene rings is 1. The zero-order valence-corrected chi connectivity index (χ0v) is 14.3. The van der Waals surface area contributed by atoms with E-state index in [1.165, 1.54) is 0 Å². The molecule has 0 amide bonds. The highest BCUT2D eigenvalue weighted by molar-refractivity contribution is 7.91. The van der Waals surface area contributed by atoms with Crippen LogP contribution in [0.3, 0.4) is 0 Å². The number of rotatable bonds is 4. The van der Waals surface area contributed by atoms with Crippen LogP contribution in [0.25, 0.3) is 0 Å². The molecule has 0 bridgehead atoms. The second kappa shape index (κ2) is 6.51. The lowest BCUT2D eigenvalue weighted by atomic mass is 10.3. The third-order valence-corrected chi connectivity index (χ3v) is 5.75. The number of anilines is 3. The van der Waals surface area contributed by atoms with E-state index in [0.29, 0.717) is 33.9 Å². The Morgan fingerprint density at radius 1 is 1.22 bits per heavy atom. The SMILES string of the molecule is O=S1(=O)CCC(Nc2nccc(Nc3cc(Cl)ccc3Cl)n2)C1. The van der Waals surface area contributed by atoms with Crippen LogP contribution in [0.2, 0.25) is 10.0 Å². The smallest absolute Gasteiger partial charge is 0.224 e. The van der Waals surface area contributed by atoms with Gasteiger partial charge in [0.2, 0.25) is 5.95 Å². The molecule has 3 rings (SSSR count). The molecule has 2 N–H and O–H groups in total. The van der Waals surface area contributed by atoms with Crippen LogP contribution in [0, 0.1) is 0 Å². The Labute approximate surface area is 144 Å². The third-order valence-electron chi connectivity index (χ3n) is 3.41. The van der Waals surface area contributed by atoms with Crippen LogP contribution in [-0.4, -0.2) is 35.9 Å². The number of halogens is 2. The summed E-state index contributed by atoms with van der Waals surface area (Å²) in [6, 6.07) is 6.61. The highest BCUT2D eigenvalue weighted by Crippen LogP contribution is 2.28. The van der Waals surface area contributed by atoms with Crippen molar-refractivity contribution in [1.29, 1.82) is 0 Å². The molecule has 23 heavy (non-hydrogen) atoms. The Hall–Kier alpha value is -1.57. The quantitative estimate of drug-likeness (QED) is 0.857. The van der Waals surface area contributed by atoms with Gasteiger partial charge in [-0.2, -0.15) is 4.98 Å². The van der Waals surface area contributed by atoms with Crippen LogP contribution in [-0.2, 0) is 9.84 Å². The first kappa shape index (κ1) is 16.3. The summed E-state index contributed by atoms with van der Waals surface area (Å²) in [5.41, 5.74) is 0.632. The van der Waals surface area contributed by atoms with Gasteiger partial charge in [0.15, 0.2) is 9.84 Å². The fourth-order valence-corrected chi connectivity index (χ4v) is 4.33. The number of nitrogens with one attached hydrogen (secondary N) is 2. The summed E-state index contributed by atoms with van der Waals surface area (Å²) in [6.45, 7) is 0. The first-order valence-corrected chi connectivity index (χ1v) is 9.51. The summed E-state index contributed by atoms with van der Waals surface area (Å²) in [7, 11) is -2.95.